The summed E-state index contributed by atoms with van der Waals surface area (Å²) >= 11 is 0. The van der Waals surface area contributed by atoms with Crippen LogP contribution in [0.25, 0.3) is 0 Å². The van der Waals surface area contributed by atoms with E-state index in [-0.39, 0.29) is 17.9 Å². The monoisotopic (exact) mass is 314 g/mol. The van der Waals surface area contributed by atoms with Crippen LogP contribution < -0.4 is 11.1 Å². The van der Waals surface area contributed by atoms with E-state index >= 15 is 0 Å². The van der Waals surface area contributed by atoms with Gasteiger partial charge in [0.2, 0.25) is 5.91 Å². The van der Waals surface area contributed by atoms with Crippen LogP contribution in [0.3, 0.4) is 0 Å². The molecule has 0 spiro atoms. The zero-order valence-corrected chi connectivity index (χ0v) is 14.1. The highest BCUT2D eigenvalue weighted by Gasteiger charge is 2.22. The van der Waals surface area contributed by atoms with Crippen molar-refractivity contribution in [1.82, 2.24) is 14.9 Å². The highest BCUT2D eigenvalue weighted by molar-refractivity contribution is 5.79. The normalized spacial score (nSPS) is 15.0. The van der Waals surface area contributed by atoms with Crippen LogP contribution in [0.1, 0.15) is 31.3 Å². The Morgan fingerprint density at radius 1 is 1.30 bits per heavy atom. The minimum absolute atomic E-state index is 0.00411. The number of hydrogen-bond donors (Lipinski definition) is 2. The van der Waals surface area contributed by atoms with Gasteiger partial charge >= 0.3 is 0 Å². The van der Waals surface area contributed by atoms with Crippen molar-refractivity contribution in [2.75, 3.05) is 6.54 Å². The first kappa shape index (κ1) is 17.2. The van der Waals surface area contributed by atoms with Gasteiger partial charge in [0.25, 0.3) is 0 Å². The lowest BCUT2D eigenvalue weighted by Gasteiger charge is -2.21. The molecule has 0 saturated heterocycles. The first-order chi connectivity index (χ1) is 11.0. The van der Waals surface area contributed by atoms with Gasteiger partial charge in [0.15, 0.2) is 0 Å². The molecule has 0 radical (unpaired) electrons. The highest BCUT2D eigenvalue weighted by atomic mass is 16.1. The molecular formula is C18H26N4O. The molecule has 0 aliphatic carbocycles. The van der Waals surface area contributed by atoms with Crippen LogP contribution in [0, 0.1) is 18.8 Å². The smallest absolute Gasteiger partial charge is 0.224 e. The fraction of sp³-hybridized carbons (Fsp3) is 0.444. The number of amides is 1. The van der Waals surface area contributed by atoms with Crippen LogP contribution in [0.2, 0.25) is 0 Å². The largest absolute Gasteiger partial charge is 0.355 e. The molecule has 0 aliphatic rings. The van der Waals surface area contributed by atoms with E-state index in [9.17, 15) is 4.79 Å². The minimum atomic E-state index is -0.289. The van der Waals surface area contributed by atoms with Gasteiger partial charge in [0.05, 0.1) is 5.92 Å². The van der Waals surface area contributed by atoms with Gasteiger partial charge in [-0.05, 0) is 18.4 Å². The highest BCUT2D eigenvalue weighted by Crippen LogP contribution is 2.19. The molecule has 124 valence electrons. The van der Waals surface area contributed by atoms with E-state index in [1.165, 1.54) is 0 Å². The van der Waals surface area contributed by atoms with Crippen molar-refractivity contribution in [2.24, 2.45) is 17.6 Å². The first-order valence-electron chi connectivity index (χ1n) is 8.05. The number of rotatable bonds is 7. The standard InChI is InChI=1S/C18H26N4O/c1-13(12-22-10-9-20-15(22)3)11-21-18(23)14(2)17(19)16-7-5-4-6-8-16/h4-10,13-14,17H,11-12,19H2,1-3H3,(H,21,23). The van der Waals surface area contributed by atoms with Crippen molar-refractivity contribution in [1.29, 1.82) is 0 Å². The lowest BCUT2D eigenvalue weighted by atomic mass is 9.94. The summed E-state index contributed by atoms with van der Waals surface area (Å²) < 4.78 is 2.09. The third kappa shape index (κ3) is 4.66. The summed E-state index contributed by atoms with van der Waals surface area (Å²) in [6.45, 7) is 7.43. The van der Waals surface area contributed by atoms with Crippen molar-refractivity contribution in [3.63, 3.8) is 0 Å². The average Bonchev–Trinajstić information content (AvgIpc) is 2.97. The molecule has 2 rings (SSSR count). The molecule has 1 amide bonds. The molecule has 5 nitrogen and oxygen atoms in total. The molecule has 0 aliphatic heterocycles. The number of imidazole rings is 1. The van der Waals surface area contributed by atoms with E-state index in [2.05, 4.69) is 21.8 Å². The zero-order chi connectivity index (χ0) is 16.8. The summed E-state index contributed by atoms with van der Waals surface area (Å²) in [5.41, 5.74) is 7.19. The first-order valence-corrected chi connectivity index (χ1v) is 8.05. The quantitative estimate of drug-likeness (QED) is 0.823. The van der Waals surface area contributed by atoms with E-state index in [0.717, 1.165) is 17.9 Å². The third-order valence-electron chi connectivity index (χ3n) is 4.19. The van der Waals surface area contributed by atoms with Crippen LogP contribution in [-0.4, -0.2) is 22.0 Å². The molecule has 1 heterocycles. The van der Waals surface area contributed by atoms with Crippen molar-refractivity contribution < 1.29 is 4.79 Å². The predicted molar refractivity (Wildman–Crippen MR) is 91.7 cm³/mol. The van der Waals surface area contributed by atoms with E-state index < -0.39 is 0 Å². The second-order valence-electron chi connectivity index (χ2n) is 6.20. The predicted octanol–water partition coefficient (Wildman–Crippen LogP) is 2.28. The van der Waals surface area contributed by atoms with E-state index in [4.69, 9.17) is 5.73 Å². The Labute approximate surface area is 137 Å². The molecular weight excluding hydrogens is 288 g/mol. The Bertz CT molecular complexity index is 623. The SMILES string of the molecule is Cc1nccn1CC(C)CNC(=O)C(C)C(N)c1ccccc1. The molecule has 3 unspecified atom stereocenters. The maximum Gasteiger partial charge on any atom is 0.224 e. The van der Waals surface area contributed by atoms with Crippen molar-refractivity contribution in [2.45, 2.75) is 33.4 Å². The molecule has 1 aromatic heterocycles. The van der Waals surface area contributed by atoms with Gasteiger partial charge in [-0.3, -0.25) is 4.79 Å². The summed E-state index contributed by atoms with van der Waals surface area (Å²) in [5.74, 6) is 1.05. The third-order valence-corrected chi connectivity index (χ3v) is 4.19. The second kappa shape index (κ2) is 7.92. The van der Waals surface area contributed by atoms with Crippen LogP contribution in [0.5, 0.6) is 0 Å². The molecule has 0 bridgehead atoms. The lowest BCUT2D eigenvalue weighted by Crippen LogP contribution is -2.38. The molecule has 0 saturated carbocycles. The Morgan fingerprint density at radius 3 is 2.61 bits per heavy atom. The number of nitrogens with one attached hydrogen (secondary N) is 1. The maximum atomic E-state index is 12.3. The van der Waals surface area contributed by atoms with Crippen molar-refractivity contribution in [3.8, 4) is 0 Å². The lowest BCUT2D eigenvalue weighted by molar-refractivity contribution is -0.125. The van der Waals surface area contributed by atoms with Gasteiger partial charge in [-0.1, -0.05) is 44.2 Å². The fourth-order valence-corrected chi connectivity index (χ4v) is 2.56. The molecule has 0 fully saturated rings. The van der Waals surface area contributed by atoms with Gasteiger partial charge in [-0.15, -0.1) is 0 Å². The summed E-state index contributed by atoms with van der Waals surface area (Å²) in [6.07, 6.45) is 3.75. The van der Waals surface area contributed by atoms with Crippen LogP contribution >= 0.6 is 0 Å². The number of carbonyl (C=O) groups is 1. The Balaban J connectivity index is 1.83. The number of aromatic nitrogens is 2. The second-order valence-corrected chi connectivity index (χ2v) is 6.20. The van der Waals surface area contributed by atoms with Gasteiger partial charge in [0, 0.05) is 31.5 Å². The van der Waals surface area contributed by atoms with Gasteiger partial charge < -0.3 is 15.6 Å². The van der Waals surface area contributed by atoms with Crippen LogP contribution in [0.15, 0.2) is 42.7 Å². The number of carbonyl (C=O) groups excluding carboxylic acids is 1. The number of hydrogen-bond acceptors (Lipinski definition) is 3. The summed E-state index contributed by atoms with van der Waals surface area (Å²) in [6, 6.07) is 9.45. The van der Waals surface area contributed by atoms with Crippen LogP contribution in [0.4, 0.5) is 0 Å². The molecule has 1 aromatic carbocycles. The summed E-state index contributed by atoms with van der Waals surface area (Å²) in [5, 5.41) is 3.01. The maximum absolute atomic E-state index is 12.3. The zero-order valence-electron chi connectivity index (χ0n) is 14.1. The number of benzene rings is 1. The number of nitrogens with zero attached hydrogens (tertiary/aromatic N) is 2. The van der Waals surface area contributed by atoms with Crippen LogP contribution in [-0.2, 0) is 11.3 Å². The van der Waals surface area contributed by atoms with Gasteiger partial charge in [0.1, 0.15) is 5.82 Å². The Hall–Kier alpha value is -2.14. The Kier molecular flexibility index (Phi) is 5.93. The fourth-order valence-electron chi connectivity index (χ4n) is 2.56. The van der Waals surface area contributed by atoms with E-state index in [1.54, 1.807) is 6.20 Å². The molecule has 2 aromatic rings. The van der Waals surface area contributed by atoms with E-state index in [0.29, 0.717) is 12.5 Å². The van der Waals surface area contributed by atoms with Crippen molar-refractivity contribution in [3.05, 3.63) is 54.1 Å². The molecule has 5 heteroatoms. The molecule has 3 N–H and O–H groups in total. The molecule has 3 atom stereocenters. The minimum Gasteiger partial charge on any atom is -0.355 e. The van der Waals surface area contributed by atoms with Crippen molar-refractivity contribution >= 4 is 5.91 Å². The van der Waals surface area contributed by atoms with Gasteiger partial charge in [-0.2, -0.15) is 0 Å². The number of aryl methyl sites for hydroxylation is 1. The summed E-state index contributed by atoms with van der Waals surface area (Å²) in [7, 11) is 0. The van der Waals surface area contributed by atoms with Gasteiger partial charge in [-0.25, -0.2) is 4.98 Å². The number of nitrogens with two attached hydrogens (primary N) is 1. The average molecular weight is 314 g/mol. The molecule has 23 heavy (non-hydrogen) atoms. The topological polar surface area (TPSA) is 72.9 Å². The van der Waals surface area contributed by atoms with E-state index in [1.807, 2.05) is 50.4 Å². The summed E-state index contributed by atoms with van der Waals surface area (Å²) in [4.78, 5) is 16.5. The Morgan fingerprint density at radius 2 is 2.00 bits per heavy atom.